The highest BCUT2D eigenvalue weighted by Gasteiger charge is 2.18. The molecule has 34 heavy (non-hydrogen) atoms. The highest BCUT2D eigenvalue weighted by atomic mass is 32.2. The van der Waals surface area contributed by atoms with Crippen molar-refractivity contribution in [3.63, 3.8) is 0 Å². The van der Waals surface area contributed by atoms with Gasteiger partial charge in [0.1, 0.15) is 10.4 Å². The quantitative estimate of drug-likeness (QED) is 0.250. The molecule has 170 valence electrons. The zero-order chi connectivity index (χ0) is 23.1. The molecule has 0 radical (unpaired) electrons. The number of fused-ring (bicyclic) bond motifs is 2. The molecular weight excluding hydrogens is 476 g/mol. The van der Waals surface area contributed by atoms with Gasteiger partial charge in [0.05, 0.1) is 24.1 Å². The number of benzene rings is 2. The van der Waals surface area contributed by atoms with Gasteiger partial charge >= 0.3 is 0 Å². The van der Waals surface area contributed by atoms with Crippen LogP contribution >= 0.6 is 23.1 Å². The standard InChI is InChI=1S/C23H16N4O5S2/c1-29-15-5-3-14(4-6-15)27-22(28)20-16(8-9-33-20)24-23(27)34-11-19-25-21(26-32-19)13-2-7-17-18(10-13)31-12-30-17/h2-10H,11-12H2,1H3. The van der Waals surface area contributed by atoms with E-state index in [4.69, 9.17) is 23.7 Å². The van der Waals surface area contributed by atoms with Gasteiger partial charge in [-0.25, -0.2) is 4.98 Å². The summed E-state index contributed by atoms with van der Waals surface area (Å²) in [5, 5.41) is 6.48. The third kappa shape index (κ3) is 3.68. The molecule has 0 unspecified atom stereocenters. The second-order valence-corrected chi connectivity index (χ2v) is 9.09. The number of aromatic nitrogens is 4. The molecule has 0 atom stereocenters. The fourth-order valence-electron chi connectivity index (χ4n) is 3.54. The lowest BCUT2D eigenvalue weighted by molar-refractivity contribution is 0.174. The minimum atomic E-state index is -0.126. The van der Waals surface area contributed by atoms with Crippen LogP contribution in [0.15, 0.2) is 68.4 Å². The SMILES string of the molecule is COc1ccc(-n2c(SCc3nc(-c4ccc5c(c4)OCO5)no3)nc3ccsc3c2=O)cc1. The van der Waals surface area contributed by atoms with Gasteiger partial charge in [-0.05, 0) is 53.9 Å². The van der Waals surface area contributed by atoms with Gasteiger partial charge in [0.2, 0.25) is 18.5 Å². The Morgan fingerprint density at radius 1 is 1.09 bits per heavy atom. The largest absolute Gasteiger partial charge is 0.497 e. The van der Waals surface area contributed by atoms with E-state index in [2.05, 4.69) is 10.1 Å². The number of methoxy groups -OCH3 is 1. The van der Waals surface area contributed by atoms with Crippen molar-refractivity contribution in [2.75, 3.05) is 13.9 Å². The molecule has 0 amide bonds. The van der Waals surface area contributed by atoms with E-state index in [1.54, 1.807) is 11.7 Å². The fourth-order valence-corrected chi connectivity index (χ4v) is 5.15. The summed E-state index contributed by atoms with van der Waals surface area (Å²) in [4.78, 5) is 22.5. The Bertz CT molecular complexity index is 1560. The third-order valence-corrected chi connectivity index (χ3v) is 7.02. The molecule has 0 fully saturated rings. The molecule has 0 saturated heterocycles. The topological polar surface area (TPSA) is 102 Å². The van der Waals surface area contributed by atoms with Gasteiger partial charge in [0, 0.05) is 5.56 Å². The summed E-state index contributed by atoms with van der Waals surface area (Å²) in [6.45, 7) is 0.199. The van der Waals surface area contributed by atoms with Crippen LogP contribution in [0.4, 0.5) is 0 Å². The summed E-state index contributed by atoms with van der Waals surface area (Å²) < 4.78 is 23.7. The first-order chi connectivity index (χ1) is 16.7. The molecule has 0 aliphatic carbocycles. The lowest BCUT2D eigenvalue weighted by atomic mass is 10.2. The van der Waals surface area contributed by atoms with Crippen molar-refractivity contribution in [2.24, 2.45) is 0 Å². The van der Waals surface area contributed by atoms with E-state index in [-0.39, 0.29) is 12.4 Å². The second kappa shape index (κ2) is 8.50. The van der Waals surface area contributed by atoms with Gasteiger partial charge < -0.3 is 18.7 Å². The Morgan fingerprint density at radius 3 is 2.79 bits per heavy atom. The number of ether oxygens (including phenoxy) is 3. The predicted octanol–water partition coefficient (Wildman–Crippen LogP) is 4.53. The van der Waals surface area contributed by atoms with Crippen molar-refractivity contribution in [3.8, 4) is 34.3 Å². The lowest BCUT2D eigenvalue weighted by Crippen LogP contribution is -2.20. The van der Waals surface area contributed by atoms with Crippen molar-refractivity contribution < 1.29 is 18.7 Å². The van der Waals surface area contributed by atoms with E-state index in [0.29, 0.717) is 55.8 Å². The van der Waals surface area contributed by atoms with Crippen molar-refractivity contribution in [3.05, 3.63) is 70.2 Å². The molecule has 1 aliphatic heterocycles. The molecule has 2 aromatic carbocycles. The van der Waals surface area contributed by atoms with Crippen LogP contribution in [0.1, 0.15) is 5.89 Å². The van der Waals surface area contributed by atoms with E-state index >= 15 is 0 Å². The normalized spacial score (nSPS) is 12.4. The Morgan fingerprint density at radius 2 is 1.94 bits per heavy atom. The van der Waals surface area contributed by atoms with Gasteiger partial charge in [0.25, 0.3) is 5.56 Å². The van der Waals surface area contributed by atoms with Gasteiger partial charge in [0.15, 0.2) is 16.7 Å². The monoisotopic (exact) mass is 492 g/mol. The van der Waals surface area contributed by atoms with E-state index in [1.165, 1.54) is 23.1 Å². The molecule has 1 aliphatic rings. The smallest absolute Gasteiger partial charge is 0.276 e. The number of rotatable bonds is 6. The Hall–Kier alpha value is -3.83. The predicted molar refractivity (Wildman–Crippen MR) is 127 cm³/mol. The Balaban J connectivity index is 1.31. The van der Waals surface area contributed by atoms with Crippen LogP contribution in [-0.2, 0) is 5.75 Å². The summed E-state index contributed by atoms with van der Waals surface area (Å²) in [7, 11) is 1.60. The molecule has 4 heterocycles. The zero-order valence-electron chi connectivity index (χ0n) is 17.8. The molecule has 0 bridgehead atoms. The average Bonchev–Trinajstić information content (AvgIpc) is 3.63. The number of hydrogen-bond acceptors (Lipinski definition) is 10. The number of thioether (sulfide) groups is 1. The molecule has 11 heteroatoms. The third-order valence-electron chi connectivity index (χ3n) is 5.20. The lowest BCUT2D eigenvalue weighted by Gasteiger charge is -2.12. The first-order valence-corrected chi connectivity index (χ1v) is 12.1. The summed E-state index contributed by atoms with van der Waals surface area (Å²) >= 11 is 2.72. The van der Waals surface area contributed by atoms with Gasteiger partial charge in [-0.1, -0.05) is 16.9 Å². The van der Waals surface area contributed by atoms with E-state index in [9.17, 15) is 4.79 Å². The van der Waals surface area contributed by atoms with Crippen LogP contribution in [0.3, 0.4) is 0 Å². The number of nitrogens with zero attached hydrogens (tertiary/aromatic N) is 4. The van der Waals surface area contributed by atoms with Crippen LogP contribution < -0.4 is 19.8 Å². The van der Waals surface area contributed by atoms with E-state index in [1.807, 2.05) is 53.9 Å². The minimum absolute atomic E-state index is 0.126. The minimum Gasteiger partial charge on any atom is -0.497 e. The summed E-state index contributed by atoms with van der Waals surface area (Å²) in [6, 6.07) is 14.6. The van der Waals surface area contributed by atoms with Crippen LogP contribution in [0, 0.1) is 0 Å². The average molecular weight is 493 g/mol. The highest BCUT2D eigenvalue weighted by molar-refractivity contribution is 7.98. The molecule has 0 N–H and O–H groups in total. The Kier molecular flexibility index (Phi) is 5.19. The van der Waals surface area contributed by atoms with Crippen molar-refractivity contribution in [1.82, 2.24) is 19.7 Å². The summed E-state index contributed by atoms with van der Waals surface area (Å²) in [5.41, 5.74) is 1.99. The first kappa shape index (κ1) is 20.8. The van der Waals surface area contributed by atoms with E-state index < -0.39 is 0 Å². The van der Waals surface area contributed by atoms with Gasteiger partial charge in [-0.2, -0.15) is 4.98 Å². The molecular formula is C23H16N4O5S2. The van der Waals surface area contributed by atoms with Crippen LogP contribution in [0.5, 0.6) is 17.2 Å². The first-order valence-electron chi connectivity index (χ1n) is 10.2. The van der Waals surface area contributed by atoms with Crippen molar-refractivity contribution in [1.29, 1.82) is 0 Å². The molecule has 6 rings (SSSR count). The van der Waals surface area contributed by atoms with Crippen molar-refractivity contribution in [2.45, 2.75) is 10.9 Å². The zero-order valence-corrected chi connectivity index (χ0v) is 19.4. The summed E-state index contributed by atoms with van der Waals surface area (Å²) in [5.74, 6) is 3.25. The maximum Gasteiger partial charge on any atom is 0.276 e. The second-order valence-electron chi connectivity index (χ2n) is 7.24. The van der Waals surface area contributed by atoms with Gasteiger partial charge in [-0.3, -0.25) is 9.36 Å². The number of hydrogen-bond donors (Lipinski definition) is 0. The maximum atomic E-state index is 13.3. The van der Waals surface area contributed by atoms with Crippen molar-refractivity contribution >= 4 is 33.3 Å². The Labute approximate surface area is 200 Å². The molecule has 0 spiro atoms. The maximum absolute atomic E-state index is 13.3. The molecule has 5 aromatic rings. The summed E-state index contributed by atoms with van der Waals surface area (Å²) in [6.07, 6.45) is 0. The van der Waals surface area contributed by atoms with E-state index in [0.717, 1.165) is 5.56 Å². The van der Waals surface area contributed by atoms with Crippen LogP contribution in [0.2, 0.25) is 0 Å². The number of thiophene rings is 1. The molecule has 0 saturated carbocycles. The van der Waals surface area contributed by atoms with Crippen LogP contribution in [0.25, 0.3) is 27.3 Å². The fraction of sp³-hybridized carbons (Fsp3) is 0.130. The highest BCUT2D eigenvalue weighted by Crippen LogP contribution is 2.35. The van der Waals surface area contributed by atoms with Gasteiger partial charge in [-0.15, -0.1) is 11.3 Å². The van der Waals surface area contributed by atoms with Crippen LogP contribution in [-0.4, -0.2) is 33.6 Å². The molecule has 9 nitrogen and oxygen atoms in total. The molecule has 3 aromatic heterocycles.